The van der Waals surface area contributed by atoms with Gasteiger partial charge in [0.15, 0.2) is 11.4 Å². The van der Waals surface area contributed by atoms with Crippen molar-refractivity contribution in [3.63, 3.8) is 0 Å². The second kappa shape index (κ2) is 6.84. The van der Waals surface area contributed by atoms with Gasteiger partial charge in [-0.25, -0.2) is 9.59 Å². The predicted molar refractivity (Wildman–Crippen MR) is 94.3 cm³/mol. The Labute approximate surface area is 150 Å². The van der Waals surface area contributed by atoms with Crippen LogP contribution in [0.1, 0.15) is 29.8 Å². The molecule has 2 aromatic rings. The SMILES string of the molecule is CC1(C)OC(=O)C(=CNc2ccccc2C(=O)c2ccccc2)C(=O)O1. The summed E-state index contributed by atoms with van der Waals surface area (Å²) in [6, 6.07) is 15.6. The van der Waals surface area contributed by atoms with Gasteiger partial charge in [0.2, 0.25) is 0 Å². The lowest BCUT2D eigenvalue weighted by Gasteiger charge is -2.29. The number of carbonyl (C=O) groups is 3. The Bertz CT molecular complexity index is 877. The van der Waals surface area contributed by atoms with Gasteiger partial charge >= 0.3 is 11.9 Å². The summed E-state index contributed by atoms with van der Waals surface area (Å²) in [7, 11) is 0. The fourth-order valence-corrected chi connectivity index (χ4v) is 2.48. The summed E-state index contributed by atoms with van der Waals surface area (Å²) in [6.45, 7) is 2.95. The number of benzene rings is 2. The highest BCUT2D eigenvalue weighted by molar-refractivity contribution is 6.16. The van der Waals surface area contributed by atoms with Crippen molar-refractivity contribution in [2.24, 2.45) is 0 Å². The fourth-order valence-electron chi connectivity index (χ4n) is 2.48. The molecule has 1 aliphatic rings. The molecule has 0 spiro atoms. The zero-order valence-electron chi connectivity index (χ0n) is 14.3. The third-order valence-electron chi connectivity index (χ3n) is 3.70. The van der Waals surface area contributed by atoms with Gasteiger partial charge in [-0.3, -0.25) is 4.79 Å². The topological polar surface area (TPSA) is 81.7 Å². The molecule has 0 aromatic heterocycles. The van der Waals surface area contributed by atoms with Gasteiger partial charge in [-0.05, 0) is 12.1 Å². The van der Waals surface area contributed by atoms with Crippen LogP contribution in [0, 0.1) is 0 Å². The average Bonchev–Trinajstić information content (AvgIpc) is 2.60. The molecule has 132 valence electrons. The van der Waals surface area contributed by atoms with Crippen LogP contribution in [0.15, 0.2) is 66.4 Å². The van der Waals surface area contributed by atoms with E-state index in [1.807, 2.05) is 6.07 Å². The Hall–Kier alpha value is -3.41. The molecule has 0 saturated carbocycles. The molecular weight excluding hydrogens is 334 g/mol. The lowest BCUT2D eigenvalue weighted by molar-refractivity contribution is -0.222. The highest BCUT2D eigenvalue weighted by atomic mass is 16.7. The van der Waals surface area contributed by atoms with E-state index < -0.39 is 17.7 Å². The van der Waals surface area contributed by atoms with Gasteiger partial charge in [0.25, 0.3) is 5.79 Å². The first-order valence-corrected chi connectivity index (χ1v) is 7.99. The highest BCUT2D eigenvalue weighted by Gasteiger charge is 2.39. The molecule has 2 aromatic carbocycles. The maximum atomic E-state index is 12.7. The number of hydrogen-bond acceptors (Lipinski definition) is 6. The number of cyclic esters (lactones) is 2. The maximum Gasteiger partial charge on any atom is 0.350 e. The van der Waals surface area contributed by atoms with Crippen molar-refractivity contribution in [2.75, 3.05) is 5.32 Å². The molecule has 1 N–H and O–H groups in total. The maximum absolute atomic E-state index is 12.7. The van der Waals surface area contributed by atoms with Crippen molar-refractivity contribution in [1.29, 1.82) is 0 Å². The first kappa shape index (κ1) is 17.4. The van der Waals surface area contributed by atoms with Crippen LogP contribution in [0.25, 0.3) is 0 Å². The summed E-state index contributed by atoms with van der Waals surface area (Å²) in [4.78, 5) is 36.7. The molecule has 1 heterocycles. The monoisotopic (exact) mass is 351 g/mol. The molecule has 1 aliphatic heterocycles. The summed E-state index contributed by atoms with van der Waals surface area (Å²) < 4.78 is 10.1. The van der Waals surface area contributed by atoms with Crippen LogP contribution in [-0.4, -0.2) is 23.5 Å². The minimum Gasteiger partial charge on any atom is -0.419 e. The number of nitrogens with one attached hydrogen (secondary N) is 1. The smallest absolute Gasteiger partial charge is 0.350 e. The van der Waals surface area contributed by atoms with E-state index in [9.17, 15) is 14.4 Å². The molecule has 0 aliphatic carbocycles. The van der Waals surface area contributed by atoms with E-state index in [1.165, 1.54) is 20.0 Å². The first-order valence-electron chi connectivity index (χ1n) is 7.99. The molecule has 0 atom stereocenters. The van der Waals surface area contributed by atoms with Crippen molar-refractivity contribution in [1.82, 2.24) is 0 Å². The van der Waals surface area contributed by atoms with Crippen molar-refractivity contribution in [3.05, 3.63) is 77.5 Å². The molecule has 3 rings (SSSR count). The van der Waals surface area contributed by atoms with E-state index in [4.69, 9.17) is 9.47 Å². The number of para-hydroxylation sites is 1. The molecular formula is C20H17NO5. The summed E-state index contributed by atoms with van der Waals surface area (Å²) in [5.74, 6) is -3.05. The molecule has 0 unspecified atom stereocenters. The quantitative estimate of drug-likeness (QED) is 0.395. The molecule has 0 bridgehead atoms. The summed E-state index contributed by atoms with van der Waals surface area (Å²) in [5.41, 5.74) is 1.13. The summed E-state index contributed by atoms with van der Waals surface area (Å²) in [5, 5.41) is 2.84. The van der Waals surface area contributed by atoms with Crippen molar-refractivity contribution < 1.29 is 23.9 Å². The van der Waals surface area contributed by atoms with Gasteiger partial charge < -0.3 is 14.8 Å². The number of hydrogen-bond donors (Lipinski definition) is 1. The molecule has 6 nitrogen and oxygen atoms in total. The van der Waals surface area contributed by atoms with Crippen LogP contribution >= 0.6 is 0 Å². The number of ether oxygens (including phenoxy) is 2. The normalized spacial score (nSPS) is 15.7. The summed E-state index contributed by atoms with van der Waals surface area (Å²) >= 11 is 0. The van der Waals surface area contributed by atoms with Gasteiger partial charge in [0.1, 0.15) is 0 Å². The highest BCUT2D eigenvalue weighted by Crippen LogP contribution is 2.24. The molecule has 1 saturated heterocycles. The molecule has 0 radical (unpaired) electrons. The average molecular weight is 351 g/mol. The zero-order valence-corrected chi connectivity index (χ0v) is 14.3. The van der Waals surface area contributed by atoms with Crippen LogP contribution in [-0.2, 0) is 19.1 Å². The van der Waals surface area contributed by atoms with Crippen molar-refractivity contribution >= 4 is 23.4 Å². The number of ketones is 1. The Kier molecular flexibility index (Phi) is 4.58. The van der Waals surface area contributed by atoms with Crippen molar-refractivity contribution in [3.8, 4) is 0 Å². The van der Waals surface area contributed by atoms with Crippen LogP contribution in [0.5, 0.6) is 0 Å². The number of anilines is 1. The van der Waals surface area contributed by atoms with E-state index in [0.29, 0.717) is 16.8 Å². The first-order chi connectivity index (χ1) is 12.4. The van der Waals surface area contributed by atoms with E-state index in [1.54, 1.807) is 48.5 Å². The van der Waals surface area contributed by atoms with E-state index >= 15 is 0 Å². The van der Waals surface area contributed by atoms with E-state index in [2.05, 4.69) is 5.32 Å². The van der Waals surface area contributed by atoms with E-state index in [0.717, 1.165) is 0 Å². The van der Waals surface area contributed by atoms with Crippen LogP contribution < -0.4 is 5.32 Å². The zero-order chi connectivity index (χ0) is 18.7. The Balaban J connectivity index is 1.87. The van der Waals surface area contributed by atoms with Gasteiger partial charge in [-0.15, -0.1) is 0 Å². The molecule has 6 heteroatoms. The molecule has 1 fully saturated rings. The lowest BCUT2D eigenvalue weighted by atomic mass is 10.0. The lowest BCUT2D eigenvalue weighted by Crippen LogP contribution is -2.42. The Morgan fingerprint density at radius 1 is 0.923 bits per heavy atom. The number of carbonyl (C=O) groups excluding carboxylic acids is 3. The number of esters is 2. The second-order valence-electron chi connectivity index (χ2n) is 6.12. The largest absolute Gasteiger partial charge is 0.419 e. The van der Waals surface area contributed by atoms with Crippen LogP contribution in [0.3, 0.4) is 0 Å². The van der Waals surface area contributed by atoms with Gasteiger partial charge in [-0.1, -0.05) is 42.5 Å². The third kappa shape index (κ3) is 3.64. The standard InChI is InChI=1S/C20H17NO5/c1-20(2)25-18(23)15(19(24)26-20)12-21-16-11-7-6-10-14(16)17(22)13-8-4-3-5-9-13/h3-12,21H,1-2H3. The Morgan fingerprint density at radius 3 is 2.15 bits per heavy atom. The summed E-state index contributed by atoms with van der Waals surface area (Å²) in [6.07, 6.45) is 1.19. The minimum absolute atomic E-state index is 0.179. The molecule has 26 heavy (non-hydrogen) atoms. The second-order valence-corrected chi connectivity index (χ2v) is 6.12. The van der Waals surface area contributed by atoms with Crippen molar-refractivity contribution in [2.45, 2.75) is 19.6 Å². The van der Waals surface area contributed by atoms with Gasteiger partial charge in [0.05, 0.1) is 0 Å². The third-order valence-corrected chi connectivity index (χ3v) is 3.70. The van der Waals surface area contributed by atoms with E-state index in [-0.39, 0.29) is 11.4 Å². The van der Waals surface area contributed by atoms with Crippen LogP contribution in [0.2, 0.25) is 0 Å². The fraction of sp³-hybridized carbons (Fsp3) is 0.150. The van der Waals surface area contributed by atoms with Gasteiger partial charge in [0, 0.05) is 36.9 Å². The Morgan fingerprint density at radius 2 is 1.50 bits per heavy atom. The van der Waals surface area contributed by atoms with Gasteiger partial charge in [-0.2, -0.15) is 0 Å². The number of rotatable bonds is 4. The molecule has 0 amide bonds. The minimum atomic E-state index is -1.30. The van der Waals surface area contributed by atoms with Crippen LogP contribution in [0.4, 0.5) is 5.69 Å². The predicted octanol–water partition coefficient (Wildman–Crippen LogP) is 3.05.